The Balaban J connectivity index is 1.57. The van der Waals surface area contributed by atoms with Crippen molar-refractivity contribution in [3.63, 3.8) is 0 Å². The maximum atomic E-state index is 6.02. The third-order valence-electron chi connectivity index (χ3n) is 3.57. The molecule has 1 aromatic carbocycles. The zero-order valence-electron chi connectivity index (χ0n) is 12.2. The Hall–Kier alpha value is -1.63. The predicted molar refractivity (Wildman–Crippen MR) is 98.5 cm³/mol. The van der Waals surface area contributed by atoms with Crippen LogP contribution < -0.4 is 10.2 Å². The van der Waals surface area contributed by atoms with Crippen molar-refractivity contribution in [3.8, 4) is 0 Å². The van der Waals surface area contributed by atoms with E-state index in [4.69, 9.17) is 35.4 Å². The van der Waals surface area contributed by atoms with E-state index in [1.165, 1.54) is 0 Å². The summed E-state index contributed by atoms with van der Waals surface area (Å²) in [4.78, 5) is 12.8. The Kier molecular flexibility index (Phi) is 5.15. The number of piperazine rings is 1. The molecule has 5 nitrogen and oxygen atoms in total. The number of hydrogen-bond donors (Lipinski definition) is 1. The molecule has 0 spiro atoms. The minimum Gasteiger partial charge on any atom is -0.345 e. The fourth-order valence-corrected chi connectivity index (χ4v) is 2.94. The van der Waals surface area contributed by atoms with Crippen LogP contribution in [0.4, 0.5) is 11.6 Å². The van der Waals surface area contributed by atoms with Crippen LogP contribution in [-0.2, 0) is 0 Å². The number of thiocarbonyl (C=S) groups is 1. The topological polar surface area (TPSA) is 44.3 Å². The molecular formula is C15H15Cl2N5S. The standard InChI is InChI=1S/C15H15Cl2N5S/c16-12-3-2-11(10-13(12)17)20-15(23)22-8-6-21(7-9-22)14-18-4-1-5-19-14/h1-5,10H,6-9H2,(H,20,23). The lowest BCUT2D eigenvalue weighted by Gasteiger charge is -2.36. The number of benzene rings is 1. The van der Waals surface area contributed by atoms with Crippen LogP contribution in [0.3, 0.4) is 0 Å². The normalized spacial score (nSPS) is 14.7. The van der Waals surface area contributed by atoms with Crippen molar-refractivity contribution in [1.82, 2.24) is 14.9 Å². The first kappa shape index (κ1) is 16.2. The summed E-state index contributed by atoms with van der Waals surface area (Å²) < 4.78 is 0. The highest BCUT2D eigenvalue weighted by atomic mass is 35.5. The van der Waals surface area contributed by atoms with Crippen LogP contribution in [-0.4, -0.2) is 46.2 Å². The number of anilines is 2. The monoisotopic (exact) mass is 367 g/mol. The molecule has 2 heterocycles. The summed E-state index contributed by atoms with van der Waals surface area (Å²) in [5, 5.41) is 4.91. The molecule has 0 unspecified atom stereocenters. The average molecular weight is 368 g/mol. The zero-order valence-corrected chi connectivity index (χ0v) is 14.6. The van der Waals surface area contributed by atoms with Crippen molar-refractivity contribution < 1.29 is 0 Å². The number of nitrogens with zero attached hydrogens (tertiary/aromatic N) is 4. The molecule has 0 radical (unpaired) electrons. The molecule has 0 saturated carbocycles. The van der Waals surface area contributed by atoms with Crippen molar-refractivity contribution in [2.24, 2.45) is 0 Å². The van der Waals surface area contributed by atoms with E-state index >= 15 is 0 Å². The van der Waals surface area contributed by atoms with Gasteiger partial charge in [-0.25, -0.2) is 9.97 Å². The van der Waals surface area contributed by atoms with Gasteiger partial charge in [0.05, 0.1) is 10.0 Å². The second kappa shape index (κ2) is 7.29. The Morgan fingerprint density at radius 2 is 1.74 bits per heavy atom. The van der Waals surface area contributed by atoms with Crippen LogP contribution in [0.15, 0.2) is 36.7 Å². The SMILES string of the molecule is S=C(Nc1ccc(Cl)c(Cl)c1)N1CCN(c2ncccn2)CC1. The summed E-state index contributed by atoms with van der Waals surface area (Å²) in [7, 11) is 0. The molecule has 2 aromatic rings. The van der Waals surface area contributed by atoms with E-state index in [1.54, 1.807) is 24.5 Å². The van der Waals surface area contributed by atoms with Crippen molar-refractivity contribution in [3.05, 3.63) is 46.7 Å². The molecule has 1 N–H and O–H groups in total. The Labute approximate surface area is 150 Å². The first-order valence-corrected chi connectivity index (χ1v) is 8.33. The van der Waals surface area contributed by atoms with E-state index in [-0.39, 0.29) is 0 Å². The molecule has 0 atom stereocenters. The molecule has 0 bridgehead atoms. The van der Waals surface area contributed by atoms with Crippen LogP contribution in [0, 0.1) is 0 Å². The molecule has 120 valence electrons. The van der Waals surface area contributed by atoms with E-state index in [1.807, 2.05) is 12.1 Å². The van der Waals surface area contributed by atoms with Gasteiger partial charge in [0.1, 0.15) is 0 Å². The summed E-state index contributed by atoms with van der Waals surface area (Å²) >= 11 is 17.4. The van der Waals surface area contributed by atoms with Gasteiger partial charge in [0, 0.05) is 44.3 Å². The van der Waals surface area contributed by atoms with Gasteiger partial charge in [-0.1, -0.05) is 23.2 Å². The number of rotatable bonds is 2. The fraction of sp³-hybridized carbons (Fsp3) is 0.267. The predicted octanol–water partition coefficient (Wildman–Crippen LogP) is 3.30. The van der Waals surface area contributed by atoms with Crippen LogP contribution in [0.5, 0.6) is 0 Å². The molecule has 1 fully saturated rings. The van der Waals surface area contributed by atoms with Gasteiger partial charge in [-0.05, 0) is 36.5 Å². The maximum Gasteiger partial charge on any atom is 0.225 e. The number of aromatic nitrogens is 2. The van der Waals surface area contributed by atoms with Gasteiger partial charge in [0.2, 0.25) is 5.95 Å². The van der Waals surface area contributed by atoms with E-state index in [0.29, 0.717) is 15.2 Å². The third kappa shape index (κ3) is 4.02. The summed E-state index contributed by atoms with van der Waals surface area (Å²) in [5.41, 5.74) is 0.832. The maximum absolute atomic E-state index is 6.02. The van der Waals surface area contributed by atoms with E-state index < -0.39 is 0 Å². The Morgan fingerprint density at radius 3 is 2.39 bits per heavy atom. The summed E-state index contributed by atoms with van der Waals surface area (Å²) in [5.74, 6) is 0.760. The Bertz CT molecular complexity index is 690. The van der Waals surface area contributed by atoms with Crippen LogP contribution in [0.25, 0.3) is 0 Å². The second-order valence-electron chi connectivity index (χ2n) is 5.08. The molecule has 1 aliphatic heterocycles. The average Bonchev–Trinajstić information content (AvgIpc) is 2.59. The minimum absolute atomic E-state index is 0.505. The first-order valence-electron chi connectivity index (χ1n) is 7.16. The summed E-state index contributed by atoms with van der Waals surface area (Å²) in [6.45, 7) is 3.28. The Morgan fingerprint density at radius 1 is 1.04 bits per heavy atom. The summed E-state index contributed by atoms with van der Waals surface area (Å²) in [6.07, 6.45) is 3.51. The molecule has 23 heavy (non-hydrogen) atoms. The summed E-state index contributed by atoms with van der Waals surface area (Å²) in [6, 6.07) is 7.19. The highest BCUT2D eigenvalue weighted by molar-refractivity contribution is 7.80. The molecule has 8 heteroatoms. The molecule has 1 saturated heterocycles. The number of halogens is 2. The van der Waals surface area contributed by atoms with Gasteiger partial charge in [0.25, 0.3) is 0 Å². The molecule has 0 aliphatic carbocycles. The largest absolute Gasteiger partial charge is 0.345 e. The molecule has 1 aliphatic rings. The van der Waals surface area contributed by atoms with Gasteiger partial charge in [-0.2, -0.15) is 0 Å². The minimum atomic E-state index is 0.505. The van der Waals surface area contributed by atoms with Crippen LogP contribution >= 0.6 is 35.4 Å². The number of nitrogens with one attached hydrogen (secondary N) is 1. The van der Waals surface area contributed by atoms with Gasteiger partial charge in [-0.15, -0.1) is 0 Å². The smallest absolute Gasteiger partial charge is 0.225 e. The van der Waals surface area contributed by atoms with Gasteiger partial charge >= 0.3 is 0 Å². The quantitative estimate of drug-likeness (QED) is 0.821. The lowest BCUT2D eigenvalue weighted by Crippen LogP contribution is -2.50. The highest BCUT2D eigenvalue weighted by Crippen LogP contribution is 2.25. The van der Waals surface area contributed by atoms with Crippen molar-refractivity contribution >= 4 is 52.2 Å². The zero-order chi connectivity index (χ0) is 16.2. The van der Waals surface area contributed by atoms with Crippen molar-refractivity contribution in [1.29, 1.82) is 0 Å². The third-order valence-corrected chi connectivity index (χ3v) is 4.67. The van der Waals surface area contributed by atoms with Crippen molar-refractivity contribution in [2.45, 2.75) is 0 Å². The highest BCUT2D eigenvalue weighted by Gasteiger charge is 2.20. The molecule has 0 amide bonds. The lowest BCUT2D eigenvalue weighted by atomic mass is 10.3. The van der Waals surface area contributed by atoms with E-state index in [0.717, 1.165) is 37.8 Å². The fourth-order valence-electron chi connectivity index (χ4n) is 2.34. The van der Waals surface area contributed by atoms with Crippen LogP contribution in [0.2, 0.25) is 10.0 Å². The molecule has 3 rings (SSSR count). The van der Waals surface area contributed by atoms with E-state index in [2.05, 4.69) is 25.1 Å². The molecule has 1 aromatic heterocycles. The molecular weight excluding hydrogens is 353 g/mol. The first-order chi connectivity index (χ1) is 11.1. The lowest BCUT2D eigenvalue weighted by molar-refractivity contribution is 0.388. The van der Waals surface area contributed by atoms with Gasteiger partial charge < -0.3 is 15.1 Å². The van der Waals surface area contributed by atoms with Crippen LogP contribution in [0.1, 0.15) is 0 Å². The van der Waals surface area contributed by atoms with Gasteiger partial charge in [0.15, 0.2) is 5.11 Å². The van der Waals surface area contributed by atoms with Crippen molar-refractivity contribution in [2.75, 3.05) is 36.4 Å². The van der Waals surface area contributed by atoms with Gasteiger partial charge in [-0.3, -0.25) is 0 Å². The second-order valence-corrected chi connectivity index (χ2v) is 6.28. The number of hydrogen-bond acceptors (Lipinski definition) is 4. The van der Waals surface area contributed by atoms with E-state index in [9.17, 15) is 0 Å².